The summed E-state index contributed by atoms with van der Waals surface area (Å²) in [6.07, 6.45) is 3.05. The minimum absolute atomic E-state index is 0.140. The highest BCUT2D eigenvalue weighted by molar-refractivity contribution is 6.14. The van der Waals surface area contributed by atoms with Crippen molar-refractivity contribution < 1.29 is 23.5 Å². The average Bonchev–Trinajstić information content (AvgIpc) is 2.96. The lowest BCUT2D eigenvalue weighted by Crippen LogP contribution is -2.30. The van der Waals surface area contributed by atoms with Crippen molar-refractivity contribution in [3.63, 3.8) is 0 Å². The average molecular weight is 382 g/mol. The van der Waals surface area contributed by atoms with Gasteiger partial charge in [-0.3, -0.25) is 9.69 Å². The number of methoxy groups -OCH3 is 1. The maximum atomic E-state index is 13.0. The van der Waals surface area contributed by atoms with Crippen LogP contribution in [-0.4, -0.2) is 30.5 Å². The van der Waals surface area contributed by atoms with Gasteiger partial charge in [0.2, 0.25) is 0 Å². The molecule has 0 spiro atoms. The van der Waals surface area contributed by atoms with Crippen LogP contribution in [0.4, 0.5) is 9.18 Å². The van der Waals surface area contributed by atoms with Gasteiger partial charge in [0.15, 0.2) is 11.5 Å². The molecule has 3 amide bonds. The summed E-state index contributed by atoms with van der Waals surface area (Å²) in [6, 6.07) is 10.7. The number of halogens is 1. The topological polar surface area (TPSA) is 67.9 Å². The van der Waals surface area contributed by atoms with Crippen LogP contribution in [0.2, 0.25) is 0 Å². The van der Waals surface area contributed by atoms with Crippen molar-refractivity contribution in [1.29, 1.82) is 0 Å². The molecule has 1 aliphatic heterocycles. The Hall–Kier alpha value is -3.61. The third-order valence-electron chi connectivity index (χ3n) is 4.08. The predicted octanol–water partition coefficient (Wildman–Crippen LogP) is 3.49. The highest BCUT2D eigenvalue weighted by atomic mass is 19.1. The zero-order valence-electron chi connectivity index (χ0n) is 15.3. The van der Waals surface area contributed by atoms with Gasteiger partial charge in [0, 0.05) is 6.54 Å². The number of urea groups is 1. The highest BCUT2D eigenvalue weighted by Crippen LogP contribution is 2.30. The summed E-state index contributed by atoms with van der Waals surface area (Å²) in [6.45, 7) is 3.93. The summed E-state index contributed by atoms with van der Waals surface area (Å²) in [7, 11) is 1.51. The minimum atomic E-state index is -0.484. The maximum Gasteiger partial charge on any atom is 0.329 e. The molecule has 28 heavy (non-hydrogen) atoms. The highest BCUT2D eigenvalue weighted by Gasteiger charge is 2.32. The van der Waals surface area contributed by atoms with Gasteiger partial charge < -0.3 is 14.8 Å². The zero-order chi connectivity index (χ0) is 20.1. The number of amides is 3. The number of rotatable bonds is 7. The lowest BCUT2D eigenvalue weighted by Gasteiger charge is -2.11. The van der Waals surface area contributed by atoms with Crippen LogP contribution in [0.5, 0.6) is 11.5 Å². The second-order valence-corrected chi connectivity index (χ2v) is 6.02. The van der Waals surface area contributed by atoms with Crippen molar-refractivity contribution in [2.75, 3.05) is 13.7 Å². The fourth-order valence-corrected chi connectivity index (χ4v) is 2.67. The Balaban J connectivity index is 1.76. The van der Waals surface area contributed by atoms with Crippen molar-refractivity contribution in [2.45, 2.75) is 6.61 Å². The van der Waals surface area contributed by atoms with Gasteiger partial charge in [-0.05, 0) is 41.5 Å². The minimum Gasteiger partial charge on any atom is -0.493 e. The van der Waals surface area contributed by atoms with Crippen molar-refractivity contribution in [2.24, 2.45) is 0 Å². The molecule has 0 saturated carbocycles. The van der Waals surface area contributed by atoms with E-state index in [4.69, 9.17) is 9.47 Å². The molecule has 1 saturated heterocycles. The van der Waals surface area contributed by atoms with Crippen molar-refractivity contribution >= 4 is 18.0 Å². The van der Waals surface area contributed by atoms with Gasteiger partial charge in [-0.25, -0.2) is 9.18 Å². The number of nitrogens with zero attached hydrogens (tertiary/aromatic N) is 1. The maximum absolute atomic E-state index is 13.0. The molecule has 0 radical (unpaired) electrons. The molecular formula is C21H19FN2O4. The largest absolute Gasteiger partial charge is 0.493 e. The molecule has 1 fully saturated rings. The summed E-state index contributed by atoms with van der Waals surface area (Å²) >= 11 is 0. The first-order chi connectivity index (χ1) is 13.5. The van der Waals surface area contributed by atoms with E-state index in [2.05, 4.69) is 11.9 Å². The second-order valence-electron chi connectivity index (χ2n) is 6.02. The van der Waals surface area contributed by atoms with Crippen LogP contribution in [0.25, 0.3) is 6.08 Å². The number of hydrogen-bond acceptors (Lipinski definition) is 4. The Morgan fingerprint density at radius 2 is 1.89 bits per heavy atom. The number of hydrogen-bond donors (Lipinski definition) is 1. The van der Waals surface area contributed by atoms with E-state index in [0.29, 0.717) is 17.1 Å². The molecule has 0 aliphatic carbocycles. The first-order valence-corrected chi connectivity index (χ1v) is 8.52. The van der Waals surface area contributed by atoms with Crippen molar-refractivity contribution in [1.82, 2.24) is 10.2 Å². The van der Waals surface area contributed by atoms with Gasteiger partial charge >= 0.3 is 6.03 Å². The Morgan fingerprint density at radius 1 is 1.14 bits per heavy atom. The number of nitrogens with one attached hydrogen (secondary N) is 1. The first kappa shape index (κ1) is 19.2. The summed E-state index contributed by atoms with van der Waals surface area (Å²) in [4.78, 5) is 25.2. The normalized spacial score (nSPS) is 14.9. The molecule has 2 aromatic rings. The van der Waals surface area contributed by atoms with Crippen LogP contribution in [0.15, 0.2) is 60.8 Å². The second kappa shape index (κ2) is 8.39. The third-order valence-corrected chi connectivity index (χ3v) is 4.08. The summed E-state index contributed by atoms with van der Waals surface area (Å²) in [5.74, 6) is 0.250. The summed E-state index contributed by atoms with van der Waals surface area (Å²) in [5.41, 5.74) is 1.65. The van der Waals surface area contributed by atoms with E-state index in [-0.39, 0.29) is 24.7 Å². The number of imide groups is 1. The van der Waals surface area contributed by atoms with Gasteiger partial charge in [-0.15, -0.1) is 6.58 Å². The van der Waals surface area contributed by atoms with E-state index in [0.717, 1.165) is 10.5 Å². The molecule has 6 nitrogen and oxygen atoms in total. The molecule has 0 atom stereocenters. The molecule has 144 valence electrons. The van der Waals surface area contributed by atoms with Crippen LogP contribution in [0.3, 0.4) is 0 Å². The van der Waals surface area contributed by atoms with Crippen LogP contribution in [0, 0.1) is 5.82 Å². The Bertz CT molecular complexity index is 938. The van der Waals surface area contributed by atoms with Crippen LogP contribution in [0.1, 0.15) is 11.1 Å². The zero-order valence-corrected chi connectivity index (χ0v) is 15.3. The van der Waals surface area contributed by atoms with Gasteiger partial charge in [0.1, 0.15) is 18.1 Å². The van der Waals surface area contributed by atoms with E-state index in [9.17, 15) is 14.0 Å². The van der Waals surface area contributed by atoms with Crippen molar-refractivity contribution in [3.05, 3.63) is 77.8 Å². The fraction of sp³-hybridized carbons (Fsp3) is 0.143. The van der Waals surface area contributed by atoms with Crippen molar-refractivity contribution in [3.8, 4) is 11.5 Å². The monoisotopic (exact) mass is 382 g/mol. The van der Waals surface area contributed by atoms with E-state index >= 15 is 0 Å². The number of ether oxygens (including phenoxy) is 2. The smallest absolute Gasteiger partial charge is 0.329 e. The number of benzene rings is 2. The van der Waals surface area contributed by atoms with Gasteiger partial charge in [0.05, 0.1) is 7.11 Å². The van der Waals surface area contributed by atoms with Crippen LogP contribution < -0.4 is 14.8 Å². The lowest BCUT2D eigenvalue weighted by atomic mass is 10.1. The SMILES string of the molecule is C=CCN1C(=O)N/C(=C/c2ccc(OCc3ccc(F)cc3)c(OC)c2)C1=O. The molecule has 7 heteroatoms. The molecule has 1 aliphatic rings. The van der Waals surface area contributed by atoms with E-state index in [1.807, 2.05) is 0 Å². The fourth-order valence-electron chi connectivity index (χ4n) is 2.67. The Morgan fingerprint density at radius 3 is 2.57 bits per heavy atom. The van der Waals surface area contributed by atoms with Gasteiger partial charge in [-0.1, -0.05) is 24.3 Å². The van der Waals surface area contributed by atoms with E-state index in [1.54, 1.807) is 36.4 Å². The standard InChI is InChI=1S/C21H19FN2O4/c1-3-10-24-20(25)17(23-21(24)26)11-15-6-9-18(19(12-15)27-2)28-13-14-4-7-16(22)8-5-14/h3-9,11-12H,1,10,13H2,2H3,(H,23,26)/b17-11+. The summed E-state index contributed by atoms with van der Waals surface area (Å²) in [5, 5.41) is 2.54. The third kappa shape index (κ3) is 4.20. The van der Waals surface area contributed by atoms with Gasteiger partial charge in [-0.2, -0.15) is 0 Å². The first-order valence-electron chi connectivity index (χ1n) is 8.52. The number of carbonyl (C=O) groups excluding carboxylic acids is 2. The Labute approximate surface area is 161 Å². The molecule has 0 unspecified atom stereocenters. The van der Waals surface area contributed by atoms with E-state index < -0.39 is 11.9 Å². The summed E-state index contributed by atoms with van der Waals surface area (Å²) < 4.78 is 24.1. The van der Waals surface area contributed by atoms with E-state index in [1.165, 1.54) is 25.3 Å². The Kier molecular flexibility index (Phi) is 5.74. The number of carbonyl (C=O) groups is 2. The predicted molar refractivity (Wildman–Crippen MR) is 102 cm³/mol. The lowest BCUT2D eigenvalue weighted by molar-refractivity contribution is -0.122. The molecule has 0 aromatic heterocycles. The quantitative estimate of drug-likeness (QED) is 0.452. The van der Waals surface area contributed by atoms with Gasteiger partial charge in [0.25, 0.3) is 5.91 Å². The molecule has 1 N–H and O–H groups in total. The molecule has 1 heterocycles. The van der Waals surface area contributed by atoms with Crippen LogP contribution >= 0.6 is 0 Å². The molecule has 2 aromatic carbocycles. The molecule has 3 rings (SSSR count). The van der Waals surface area contributed by atoms with Crippen LogP contribution in [-0.2, 0) is 11.4 Å². The molecule has 0 bridgehead atoms. The molecular weight excluding hydrogens is 363 g/mol.